The first-order chi connectivity index (χ1) is 7.53. The van der Waals surface area contributed by atoms with Gasteiger partial charge in [0.1, 0.15) is 0 Å². The van der Waals surface area contributed by atoms with E-state index >= 15 is 0 Å². The van der Waals surface area contributed by atoms with E-state index in [-0.39, 0.29) is 11.8 Å². The number of fused-ring (bicyclic) bond motifs is 1. The summed E-state index contributed by atoms with van der Waals surface area (Å²) in [5.74, 6) is 0.283. The molecule has 4 heteroatoms. The molecule has 4 nitrogen and oxygen atoms in total. The molecule has 0 aromatic rings. The summed E-state index contributed by atoms with van der Waals surface area (Å²) in [7, 11) is 0. The number of rotatable bonds is 1. The van der Waals surface area contributed by atoms with Gasteiger partial charge in [0.15, 0.2) is 0 Å². The smallest absolute Gasteiger partial charge is 0.239 e. The van der Waals surface area contributed by atoms with Crippen molar-refractivity contribution in [2.75, 3.05) is 13.1 Å². The molecule has 0 aromatic heterocycles. The lowest BCUT2D eigenvalue weighted by Gasteiger charge is -2.47. The summed E-state index contributed by atoms with van der Waals surface area (Å²) >= 11 is 0. The molecular weight excluding hydrogens is 204 g/mol. The van der Waals surface area contributed by atoms with Crippen molar-refractivity contribution in [3.63, 3.8) is 0 Å². The van der Waals surface area contributed by atoms with Crippen molar-refractivity contribution in [3.05, 3.63) is 0 Å². The van der Waals surface area contributed by atoms with E-state index in [9.17, 15) is 9.90 Å². The molecule has 1 saturated heterocycles. The van der Waals surface area contributed by atoms with Gasteiger partial charge in [-0.05, 0) is 26.2 Å². The predicted octanol–water partition coefficient (Wildman–Crippen LogP) is 0.487. The zero-order chi connectivity index (χ0) is 11.8. The van der Waals surface area contributed by atoms with Crippen LogP contribution in [0.1, 0.15) is 39.0 Å². The van der Waals surface area contributed by atoms with Crippen LogP contribution in [0.25, 0.3) is 0 Å². The maximum Gasteiger partial charge on any atom is 0.239 e. The molecule has 0 radical (unpaired) electrons. The summed E-state index contributed by atoms with van der Waals surface area (Å²) in [4.78, 5) is 13.6. The van der Waals surface area contributed by atoms with Gasteiger partial charge in [0.05, 0.1) is 11.6 Å². The quantitative estimate of drug-likeness (QED) is 0.683. The largest absolute Gasteiger partial charge is 0.389 e. The molecule has 3 N–H and O–H groups in total. The number of hydrogen-bond acceptors (Lipinski definition) is 3. The van der Waals surface area contributed by atoms with E-state index in [0.29, 0.717) is 13.1 Å². The van der Waals surface area contributed by atoms with Crippen molar-refractivity contribution < 1.29 is 9.90 Å². The van der Waals surface area contributed by atoms with Gasteiger partial charge < -0.3 is 15.7 Å². The molecule has 0 aromatic carbocycles. The van der Waals surface area contributed by atoms with Gasteiger partial charge in [0.25, 0.3) is 0 Å². The molecule has 16 heavy (non-hydrogen) atoms. The van der Waals surface area contributed by atoms with Crippen LogP contribution in [0.4, 0.5) is 0 Å². The maximum absolute atomic E-state index is 11.8. The van der Waals surface area contributed by atoms with Gasteiger partial charge >= 0.3 is 0 Å². The Morgan fingerprint density at radius 2 is 2.25 bits per heavy atom. The molecule has 3 atom stereocenters. The van der Waals surface area contributed by atoms with Crippen molar-refractivity contribution in [2.24, 2.45) is 11.7 Å². The molecule has 92 valence electrons. The minimum atomic E-state index is -0.507. The Morgan fingerprint density at radius 1 is 1.50 bits per heavy atom. The van der Waals surface area contributed by atoms with Crippen LogP contribution >= 0.6 is 0 Å². The number of carbonyl (C=O) groups excluding carboxylic acids is 1. The fourth-order valence-corrected chi connectivity index (χ4v) is 3.06. The van der Waals surface area contributed by atoms with Crippen LogP contribution in [-0.4, -0.2) is 40.6 Å². The number of nitrogens with zero attached hydrogens (tertiary/aromatic N) is 1. The lowest BCUT2D eigenvalue weighted by atomic mass is 9.71. The van der Waals surface area contributed by atoms with Crippen molar-refractivity contribution in [3.8, 4) is 0 Å². The second kappa shape index (κ2) is 4.34. The lowest BCUT2D eigenvalue weighted by Crippen LogP contribution is -2.56. The average Bonchev–Trinajstić information content (AvgIpc) is 2.26. The topological polar surface area (TPSA) is 66.6 Å². The number of likely N-dealkylation sites (tertiary alicyclic amines) is 1. The van der Waals surface area contributed by atoms with E-state index in [0.717, 1.165) is 25.7 Å². The van der Waals surface area contributed by atoms with E-state index in [2.05, 4.69) is 0 Å². The normalized spacial score (nSPS) is 36.7. The molecule has 2 rings (SSSR count). The monoisotopic (exact) mass is 226 g/mol. The number of amides is 1. The maximum atomic E-state index is 11.8. The molecule has 1 aliphatic carbocycles. The van der Waals surface area contributed by atoms with Gasteiger partial charge in [-0.1, -0.05) is 12.8 Å². The molecule has 2 aliphatic rings. The highest BCUT2D eigenvalue weighted by atomic mass is 16.3. The van der Waals surface area contributed by atoms with Crippen molar-refractivity contribution >= 4 is 5.91 Å². The Hall–Kier alpha value is -0.610. The first kappa shape index (κ1) is 11.9. The number of hydrogen-bond donors (Lipinski definition) is 2. The summed E-state index contributed by atoms with van der Waals surface area (Å²) in [5, 5.41) is 10.5. The highest BCUT2D eigenvalue weighted by Gasteiger charge is 2.43. The Morgan fingerprint density at radius 3 is 2.94 bits per heavy atom. The van der Waals surface area contributed by atoms with Crippen molar-refractivity contribution in [1.82, 2.24) is 4.90 Å². The molecule has 1 aliphatic heterocycles. The Labute approximate surface area is 96.8 Å². The number of aliphatic hydroxyl groups is 1. The van der Waals surface area contributed by atoms with Gasteiger partial charge in [0.2, 0.25) is 5.91 Å². The van der Waals surface area contributed by atoms with E-state index in [1.165, 1.54) is 6.42 Å². The van der Waals surface area contributed by atoms with Gasteiger partial charge in [0, 0.05) is 19.0 Å². The first-order valence-electron chi connectivity index (χ1n) is 6.30. The fraction of sp³-hybridized carbons (Fsp3) is 0.917. The van der Waals surface area contributed by atoms with Crippen LogP contribution in [0.15, 0.2) is 0 Å². The number of carbonyl (C=O) groups is 1. The minimum absolute atomic E-state index is 0.0209. The number of nitrogens with two attached hydrogens (primary N) is 1. The molecule has 1 amide bonds. The van der Waals surface area contributed by atoms with Crippen molar-refractivity contribution in [1.29, 1.82) is 0 Å². The zero-order valence-corrected chi connectivity index (χ0v) is 9.98. The van der Waals surface area contributed by atoms with Gasteiger partial charge in [-0.3, -0.25) is 4.79 Å². The third-order valence-corrected chi connectivity index (χ3v) is 4.13. The van der Waals surface area contributed by atoms with Crippen LogP contribution < -0.4 is 5.73 Å². The van der Waals surface area contributed by atoms with E-state index in [4.69, 9.17) is 5.73 Å². The average molecular weight is 226 g/mol. The van der Waals surface area contributed by atoms with Gasteiger partial charge in [-0.2, -0.15) is 0 Å². The summed E-state index contributed by atoms with van der Waals surface area (Å²) in [6, 6.07) is -0.421. The summed E-state index contributed by atoms with van der Waals surface area (Å²) in [6.07, 6.45) is 4.95. The molecular formula is C12H22N2O2. The third-order valence-electron chi connectivity index (χ3n) is 4.13. The molecule has 1 heterocycles. The van der Waals surface area contributed by atoms with Gasteiger partial charge in [-0.15, -0.1) is 0 Å². The highest BCUT2D eigenvalue weighted by Crippen LogP contribution is 2.39. The SMILES string of the molecule is C[C@H](N)C(=O)N1CCC2(O)CCCCC2C1. The van der Waals surface area contributed by atoms with E-state index in [1.54, 1.807) is 6.92 Å². The standard InChI is InChI=1S/C12H22N2O2/c1-9(13)11(15)14-7-6-12(16)5-3-2-4-10(12)8-14/h9-10,16H,2-8,13H2,1H3/t9-,10?,12?/m0/s1. The zero-order valence-electron chi connectivity index (χ0n) is 9.98. The highest BCUT2D eigenvalue weighted by molar-refractivity contribution is 5.81. The predicted molar refractivity (Wildman–Crippen MR) is 61.8 cm³/mol. The third kappa shape index (κ3) is 2.09. The molecule has 2 fully saturated rings. The van der Waals surface area contributed by atoms with Crippen molar-refractivity contribution in [2.45, 2.75) is 50.7 Å². The Bertz CT molecular complexity index is 280. The van der Waals surface area contributed by atoms with Crippen LogP contribution in [-0.2, 0) is 4.79 Å². The minimum Gasteiger partial charge on any atom is -0.389 e. The fourth-order valence-electron chi connectivity index (χ4n) is 3.06. The van der Waals surface area contributed by atoms with Crippen LogP contribution in [0.3, 0.4) is 0 Å². The lowest BCUT2D eigenvalue weighted by molar-refractivity contribution is -0.144. The van der Waals surface area contributed by atoms with E-state index < -0.39 is 11.6 Å². The number of piperidine rings is 1. The van der Waals surface area contributed by atoms with Crippen LogP contribution in [0.5, 0.6) is 0 Å². The summed E-state index contributed by atoms with van der Waals surface area (Å²) in [5.41, 5.74) is 5.11. The second-order valence-corrected chi connectivity index (χ2v) is 5.37. The first-order valence-corrected chi connectivity index (χ1v) is 6.30. The Balaban J connectivity index is 2.02. The van der Waals surface area contributed by atoms with Gasteiger partial charge in [-0.25, -0.2) is 0 Å². The summed E-state index contributed by atoms with van der Waals surface area (Å²) in [6.45, 7) is 3.08. The summed E-state index contributed by atoms with van der Waals surface area (Å²) < 4.78 is 0. The van der Waals surface area contributed by atoms with Crippen LogP contribution in [0, 0.1) is 5.92 Å². The second-order valence-electron chi connectivity index (χ2n) is 5.37. The molecule has 0 bridgehead atoms. The molecule has 2 unspecified atom stereocenters. The molecule has 0 spiro atoms. The molecule has 1 saturated carbocycles. The van der Waals surface area contributed by atoms with Crippen LogP contribution in [0.2, 0.25) is 0 Å². The Kier molecular flexibility index (Phi) is 3.22. The van der Waals surface area contributed by atoms with E-state index in [1.807, 2.05) is 4.90 Å².